The Kier molecular flexibility index (Phi) is 6.01. The number of rotatable bonds is 5. The molecule has 1 N–H and O–H groups in total. The minimum atomic E-state index is -0.259. The summed E-state index contributed by atoms with van der Waals surface area (Å²) in [6.45, 7) is 3.62. The van der Waals surface area contributed by atoms with Crippen LogP contribution in [-0.2, 0) is 11.3 Å². The standard InChI is InChI=1S/C20H25FN4O2/c1-14-22-18(10-19(26)23-14)16-7-5-9-25(12-16)20(27)13-24(2)11-15-6-3-4-8-17(15)21/h3-4,6,8,10,16H,5,7,9,11-13H2,1-2H3,(H,22,23,26)/t16-/m0/s1. The summed E-state index contributed by atoms with van der Waals surface area (Å²) in [7, 11) is 1.81. The summed E-state index contributed by atoms with van der Waals surface area (Å²) >= 11 is 0. The second-order valence-electron chi connectivity index (χ2n) is 7.20. The van der Waals surface area contributed by atoms with Crippen molar-refractivity contribution in [1.82, 2.24) is 19.8 Å². The quantitative estimate of drug-likeness (QED) is 0.872. The number of carbonyl (C=O) groups excluding carboxylic acids is 1. The highest BCUT2D eigenvalue weighted by Gasteiger charge is 2.26. The van der Waals surface area contributed by atoms with Crippen molar-refractivity contribution >= 4 is 5.91 Å². The summed E-state index contributed by atoms with van der Waals surface area (Å²) in [5.41, 5.74) is 1.16. The molecule has 2 aromatic rings. The number of likely N-dealkylation sites (tertiary alicyclic amines) is 1. The molecule has 1 amide bonds. The van der Waals surface area contributed by atoms with Crippen LogP contribution in [0.15, 0.2) is 35.1 Å². The summed E-state index contributed by atoms with van der Waals surface area (Å²) in [6, 6.07) is 8.13. The Balaban J connectivity index is 1.61. The molecule has 0 radical (unpaired) electrons. The van der Waals surface area contributed by atoms with Gasteiger partial charge in [-0.1, -0.05) is 18.2 Å². The molecule has 0 bridgehead atoms. The molecule has 0 saturated carbocycles. The SMILES string of the molecule is Cc1nc([C@H]2CCCN(C(=O)CN(C)Cc3ccccc3F)C2)cc(=O)[nH]1. The number of carbonyl (C=O) groups is 1. The molecule has 1 aromatic heterocycles. The van der Waals surface area contributed by atoms with Gasteiger partial charge in [0.1, 0.15) is 11.6 Å². The lowest BCUT2D eigenvalue weighted by Gasteiger charge is -2.33. The van der Waals surface area contributed by atoms with Crippen LogP contribution in [0.1, 0.15) is 35.8 Å². The van der Waals surface area contributed by atoms with E-state index in [9.17, 15) is 14.0 Å². The van der Waals surface area contributed by atoms with Crippen LogP contribution in [0, 0.1) is 12.7 Å². The number of aryl methyl sites for hydroxylation is 1. The number of benzene rings is 1. The number of amides is 1. The van der Waals surface area contributed by atoms with Crippen LogP contribution < -0.4 is 5.56 Å². The number of nitrogens with one attached hydrogen (secondary N) is 1. The summed E-state index contributed by atoms with van der Waals surface area (Å²) in [4.78, 5) is 35.1. The summed E-state index contributed by atoms with van der Waals surface area (Å²) < 4.78 is 13.8. The van der Waals surface area contributed by atoms with Crippen LogP contribution in [0.3, 0.4) is 0 Å². The topological polar surface area (TPSA) is 69.3 Å². The minimum Gasteiger partial charge on any atom is -0.341 e. The smallest absolute Gasteiger partial charge is 0.251 e. The lowest BCUT2D eigenvalue weighted by Crippen LogP contribution is -2.44. The van der Waals surface area contributed by atoms with Crippen LogP contribution in [-0.4, -0.2) is 52.4 Å². The molecule has 1 aliphatic rings. The lowest BCUT2D eigenvalue weighted by molar-refractivity contribution is -0.133. The van der Waals surface area contributed by atoms with Crippen molar-refractivity contribution in [1.29, 1.82) is 0 Å². The van der Waals surface area contributed by atoms with E-state index in [2.05, 4.69) is 9.97 Å². The van der Waals surface area contributed by atoms with Gasteiger partial charge in [-0.05, 0) is 32.9 Å². The van der Waals surface area contributed by atoms with E-state index < -0.39 is 0 Å². The summed E-state index contributed by atoms with van der Waals surface area (Å²) in [6.07, 6.45) is 1.78. The second-order valence-corrected chi connectivity index (χ2v) is 7.20. The van der Waals surface area contributed by atoms with Crippen LogP contribution in [0.4, 0.5) is 4.39 Å². The first-order valence-corrected chi connectivity index (χ1v) is 9.20. The highest BCUT2D eigenvalue weighted by molar-refractivity contribution is 5.78. The van der Waals surface area contributed by atoms with E-state index in [0.29, 0.717) is 31.0 Å². The van der Waals surface area contributed by atoms with E-state index in [1.165, 1.54) is 12.1 Å². The number of H-pyrrole nitrogens is 1. The van der Waals surface area contributed by atoms with Crippen molar-refractivity contribution < 1.29 is 9.18 Å². The van der Waals surface area contributed by atoms with Gasteiger partial charge in [0.15, 0.2) is 0 Å². The predicted molar refractivity (Wildman–Crippen MR) is 101 cm³/mol. The monoisotopic (exact) mass is 372 g/mol. The number of hydrogen-bond acceptors (Lipinski definition) is 4. The molecule has 2 heterocycles. The molecular formula is C20H25FN4O2. The Morgan fingerprint density at radius 1 is 1.41 bits per heavy atom. The second kappa shape index (κ2) is 8.43. The van der Waals surface area contributed by atoms with Crippen molar-refractivity contribution in [3.63, 3.8) is 0 Å². The van der Waals surface area contributed by atoms with E-state index in [4.69, 9.17) is 0 Å². The first-order valence-electron chi connectivity index (χ1n) is 9.20. The van der Waals surface area contributed by atoms with Crippen molar-refractivity contribution in [2.45, 2.75) is 32.2 Å². The number of aromatic nitrogens is 2. The number of halogens is 1. The summed E-state index contributed by atoms with van der Waals surface area (Å²) in [5, 5.41) is 0. The highest BCUT2D eigenvalue weighted by atomic mass is 19.1. The molecule has 1 aromatic carbocycles. The molecule has 1 saturated heterocycles. The maximum Gasteiger partial charge on any atom is 0.251 e. The number of nitrogens with zero attached hydrogens (tertiary/aromatic N) is 3. The van der Waals surface area contributed by atoms with Crippen LogP contribution in [0.5, 0.6) is 0 Å². The molecule has 0 aliphatic carbocycles. The Morgan fingerprint density at radius 3 is 2.93 bits per heavy atom. The molecule has 3 rings (SSSR count). The van der Waals surface area contributed by atoms with Gasteiger partial charge >= 0.3 is 0 Å². The average molecular weight is 372 g/mol. The van der Waals surface area contributed by atoms with Gasteiger partial charge in [0, 0.05) is 37.2 Å². The number of piperidine rings is 1. The maximum atomic E-state index is 13.8. The van der Waals surface area contributed by atoms with E-state index in [-0.39, 0.29) is 29.7 Å². The predicted octanol–water partition coefficient (Wildman–Crippen LogP) is 2.06. The van der Waals surface area contributed by atoms with Gasteiger partial charge in [-0.25, -0.2) is 9.37 Å². The van der Waals surface area contributed by atoms with Gasteiger partial charge in [0.2, 0.25) is 5.91 Å². The third-order valence-corrected chi connectivity index (χ3v) is 4.88. The normalized spacial score (nSPS) is 17.3. The maximum absolute atomic E-state index is 13.8. The molecule has 0 unspecified atom stereocenters. The number of likely N-dealkylation sites (N-methyl/N-ethyl adjacent to an activating group) is 1. The van der Waals surface area contributed by atoms with Gasteiger partial charge in [-0.3, -0.25) is 14.5 Å². The van der Waals surface area contributed by atoms with Gasteiger partial charge in [0.25, 0.3) is 5.56 Å². The van der Waals surface area contributed by atoms with Crippen molar-refractivity contribution in [3.8, 4) is 0 Å². The Labute approximate surface area is 158 Å². The average Bonchev–Trinajstić information content (AvgIpc) is 2.63. The van der Waals surface area contributed by atoms with Crippen molar-refractivity contribution in [3.05, 3.63) is 63.6 Å². The first-order chi connectivity index (χ1) is 12.9. The van der Waals surface area contributed by atoms with E-state index in [1.807, 2.05) is 16.8 Å². The fourth-order valence-electron chi connectivity index (χ4n) is 3.56. The molecule has 6 nitrogen and oxygen atoms in total. The Hall–Kier alpha value is -2.54. The fraction of sp³-hybridized carbons (Fsp3) is 0.450. The zero-order valence-corrected chi connectivity index (χ0v) is 15.7. The van der Waals surface area contributed by atoms with Gasteiger partial charge < -0.3 is 9.88 Å². The van der Waals surface area contributed by atoms with Gasteiger partial charge in [0.05, 0.1) is 12.2 Å². The largest absolute Gasteiger partial charge is 0.341 e. The molecule has 1 atom stereocenters. The number of hydrogen-bond donors (Lipinski definition) is 1. The van der Waals surface area contributed by atoms with E-state index in [0.717, 1.165) is 18.5 Å². The van der Waals surface area contributed by atoms with Crippen LogP contribution in [0.2, 0.25) is 0 Å². The van der Waals surface area contributed by atoms with E-state index in [1.54, 1.807) is 25.1 Å². The highest BCUT2D eigenvalue weighted by Crippen LogP contribution is 2.25. The van der Waals surface area contributed by atoms with Crippen molar-refractivity contribution in [2.24, 2.45) is 0 Å². The molecule has 1 aliphatic heterocycles. The van der Waals surface area contributed by atoms with Crippen molar-refractivity contribution in [2.75, 3.05) is 26.7 Å². The third kappa shape index (κ3) is 5.01. The number of aromatic amines is 1. The lowest BCUT2D eigenvalue weighted by atomic mass is 9.94. The van der Waals surface area contributed by atoms with Crippen LogP contribution >= 0.6 is 0 Å². The van der Waals surface area contributed by atoms with E-state index >= 15 is 0 Å². The van der Waals surface area contributed by atoms with Gasteiger partial charge in [-0.2, -0.15) is 0 Å². The zero-order valence-electron chi connectivity index (χ0n) is 15.7. The molecule has 1 fully saturated rings. The first kappa shape index (κ1) is 19.2. The summed E-state index contributed by atoms with van der Waals surface area (Å²) in [5.74, 6) is 0.414. The minimum absolute atomic E-state index is 0.0140. The molecule has 144 valence electrons. The Bertz CT molecular complexity index is 867. The third-order valence-electron chi connectivity index (χ3n) is 4.88. The Morgan fingerprint density at radius 2 is 2.19 bits per heavy atom. The zero-order chi connectivity index (χ0) is 19.4. The molecule has 0 spiro atoms. The molecule has 27 heavy (non-hydrogen) atoms. The fourth-order valence-corrected chi connectivity index (χ4v) is 3.56. The molecule has 7 heteroatoms. The van der Waals surface area contributed by atoms with Gasteiger partial charge in [-0.15, -0.1) is 0 Å². The molecular weight excluding hydrogens is 347 g/mol. The van der Waals surface area contributed by atoms with Crippen LogP contribution in [0.25, 0.3) is 0 Å².